The fourth-order valence-electron chi connectivity index (χ4n) is 2.46. The molecular formula is C20H29N3O5. The summed E-state index contributed by atoms with van der Waals surface area (Å²) in [6.45, 7) is 3.31. The van der Waals surface area contributed by atoms with E-state index in [0.717, 1.165) is 19.3 Å². The average Bonchev–Trinajstić information content (AvgIpc) is 2.71. The first-order valence-electron chi connectivity index (χ1n) is 9.38. The molecule has 0 fully saturated rings. The SMILES string of the molecule is CCCCCC(C=O)NC(=O)[C@H](C)NC(=O)CNC(=O)c1ccc(OC)cc1. The number of benzene rings is 1. The maximum atomic E-state index is 12.1. The van der Waals surface area contributed by atoms with Crippen LogP contribution >= 0.6 is 0 Å². The van der Waals surface area contributed by atoms with Gasteiger partial charge in [-0.1, -0.05) is 26.2 Å². The topological polar surface area (TPSA) is 114 Å². The van der Waals surface area contributed by atoms with Crippen LogP contribution in [0.25, 0.3) is 0 Å². The summed E-state index contributed by atoms with van der Waals surface area (Å²) in [6.07, 6.45) is 4.13. The van der Waals surface area contributed by atoms with E-state index in [-0.39, 0.29) is 6.54 Å². The lowest BCUT2D eigenvalue weighted by Crippen LogP contribution is -2.50. The van der Waals surface area contributed by atoms with Crippen molar-refractivity contribution in [1.82, 2.24) is 16.0 Å². The summed E-state index contributed by atoms with van der Waals surface area (Å²) in [4.78, 5) is 47.2. The van der Waals surface area contributed by atoms with E-state index in [1.807, 2.05) is 0 Å². The van der Waals surface area contributed by atoms with Gasteiger partial charge in [-0.25, -0.2) is 0 Å². The van der Waals surface area contributed by atoms with Gasteiger partial charge >= 0.3 is 0 Å². The summed E-state index contributed by atoms with van der Waals surface area (Å²) in [5.41, 5.74) is 0.389. The highest BCUT2D eigenvalue weighted by Gasteiger charge is 2.19. The Labute approximate surface area is 165 Å². The summed E-state index contributed by atoms with van der Waals surface area (Å²) in [7, 11) is 1.53. The van der Waals surface area contributed by atoms with E-state index in [1.165, 1.54) is 14.0 Å². The van der Waals surface area contributed by atoms with Crippen LogP contribution in [0.2, 0.25) is 0 Å². The van der Waals surface area contributed by atoms with Gasteiger partial charge in [0.05, 0.1) is 19.7 Å². The Morgan fingerprint density at radius 1 is 1.11 bits per heavy atom. The summed E-state index contributed by atoms with van der Waals surface area (Å²) < 4.78 is 5.02. The molecule has 1 rings (SSSR count). The molecule has 0 saturated heterocycles. The number of ether oxygens (including phenoxy) is 1. The Morgan fingerprint density at radius 2 is 1.79 bits per heavy atom. The van der Waals surface area contributed by atoms with Crippen LogP contribution in [0.4, 0.5) is 0 Å². The van der Waals surface area contributed by atoms with Crippen molar-refractivity contribution < 1.29 is 23.9 Å². The molecule has 28 heavy (non-hydrogen) atoms. The molecule has 154 valence electrons. The fraction of sp³-hybridized carbons (Fsp3) is 0.500. The Balaban J connectivity index is 2.40. The van der Waals surface area contributed by atoms with Gasteiger partial charge in [0, 0.05) is 5.56 Å². The molecule has 0 aromatic heterocycles. The number of unbranched alkanes of at least 4 members (excludes halogenated alkanes) is 2. The summed E-state index contributed by atoms with van der Waals surface area (Å²) >= 11 is 0. The van der Waals surface area contributed by atoms with E-state index in [9.17, 15) is 19.2 Å². The van der Waals surface area contributed by atoms with E-state index in [2.05, 4.69) is 22.9 Å². The van der Waals surface area contributed by atoms with Gasteiger partial charge in [-0.3, -0.25) is 14.4 Å². The van der Waals surface area contributed by atoms with Gasteiger partial charge in [0.1, 0.15) is 18.1 Å². The quantitative estimate of drug-likeness (QED) is 0.366. The predicted octanol–water partition coefficient (Wildman–Crippen LogP) is 1.19. The number of carbonyl (C=O) groups is 4. The largest absolute Gasteiger partial charge is 0.497 e. The molecular weight excluding hydrogens is 362 g/mol. The molecule has 0 spiro atoms. The maximum Gasteiger partial charge on any atom is 0.251 e. The van der Waals surface area contributed by atoms with Gasteiger partial charge in [0.2, 0.25) is 11.8 Å². The van der Waals surface area contributed by atoms with Gasteiger partial charge in [0.15, 0.2) is 0 Å². The minimum Gasteiger partial charge on any atom is -0.497 e. The van der Waals surface area contributed by atoms with E-state index < -0.39 is 29.8 Å². The minimum absolute atomic E-state index is 0.268. The number of hydrogen-bond acceptors (Lipinski definition) is 5. The summed E-state index contributed by atoms with van der Waals surface area (Å²) in [5.74, 6) is -0.731. The third-order valence-electron chi connectivity index (χ3n) is 4.14. The van der Waals surface area contributed by atoms with Crippen LogP contribution in [0, 0.1) is 0 Å². The van der Waals surface area contributed by atoms with E-state index in [0.29, 0.717) is 24.0 Å². The van der Waals surface area contributed by atoms with Crippen LogP contribution < -0.4 is 20.7 Å². The molecule has 1 unspecified atom stereocenters. The van der Waals surface area contributed by atoms with Crippen LogP contribution in [0.5, 0.6) is 5.75 Å². The highest BCUT2D eigenvalue weighted by molar-refractivity contribution is 5.97. The first-order chi connectivity index (χ1) is 13.4. The zero-order valence-electron chi connectivity index (χ0n) is 16.6. The zero-order valence-corrected chi connectivity index (χ0v) is 16.6. The molecule has 2 atom stereocenters. The van der Waals surface area contributed by atoms with Gasteiger partial charge in [-0.05, 0) is 37.6 Å². The fourth-order valence-corrected chi connectivity index (χ4v) is 2.46. The molecule has 0 aliphatic heterocycles. The normalized spacial score (nSPS) is 12.4. The van der Waals surface area contributed by atoms with Gasteiger partial charge in [0.25, 0.3) is 5.91 Å². The maximum absolute atomic E-state index is 12.1. The lowest BCUT2D eigenvalue weighted by Gasteiger charge is -2.18. The Bertz CT molecular complexity index is 660. The molecule has 1 aromatic rings. The van der Waals surface area contributed by atoms with Crippen LogP contribution in [0.3, 0.4) is 0 Å². The van der Waals surface area contributed by atoms with Crippen molar-refractivity contribution in [2.45, 2.75) is 51.6 Å². The molecule has 3 N–H and O–H groups in total. The monoisotopic (exact) mass is 391 g/mol. The van der Waals surface area contributed by atoms with Crippen LogP contribution in [-0.4, -0.2) is 49.7 Å². The second-order valence-electron chi connectivity index (χ2n) is 6.45. The molecule has 3 amide bonds. The molecule has 0 aliphatic rings. The van der Waals surface area contributed by atoms with Crippen molar-refractivity contribution in [2.24, 2.45) is 0 Å². The van der Waals surface area contributed by atoms with Gasteiger partial charge in [-0.15, -0.1) is 0 Å². The van der Waals surface area contributed by atoms with E-state index >= 15 is 0 Å². The first kappa shape index (κ1) is 23.1. The van der Waals surface area contributed by atoms with Crippen LogP contribution in [0.15, 0.2) is 24.3 Å². The molecule has 0 bridgehead atoms. The molecule has 0 heterocycles. The summed E-state index contributed by atoms with van der Waals surface area (Å²) in [6, 6.07) is 5.07. The molecule has 1 aromatic carbocycles. The predicted molar refractivity (Wildman–Crippen MR) is 105 cm³/mol. The van der Waals surface area contributed by atoms with Crippen molar-refractivity contribution in [3.05, 3.63) is 29.8 Å². The first-order valence-corrected chi connectivity index (χ1v) is 9.38. The molecule has 0 saturated carbocycles. The minimum atomic E-state index is -0.820. The van der Waals surface area contributed by atoms with Crippen LogP contribution in [0.1, 0.15) is 49.9 Å². The van der Waals surface area contributed by atoms with Gasteiger partial charge in [-0.2, -0.15) is 0 Å². The number of rotatable bonds is 12. The smallest absolute Gasteiger partial charge is 0.251 e. The molecule has 8 heteroatoms. The van der Waals surface area contributed by atoms with Crippen molar-refractivity contribution >= 4 is 24.0 Å². The van der Waals surface area contributed by atoms with Crippen molar-refractivity contribution in [1.29, 1.82) is 0 Å². The number of amides is 3. The second-order valence-corrected chi connectivity index (χ2v) is 6.45. The van der Waals surface area contributed by atoms with Crippen LogP contribution in [-0.2, 0) is 14.4 Å². The van der Waals surface area contributed by atoms with Crippen molar-refractivity contribution in [2.75, 3.05) is 13.7 Å². The number of carbonyl (C=O) groups excluding carboxylic acids is 4. The highest BCUT2D eigenvalue weighted by atomic mass is 16.5. The van der Waals surface area contributed by atoms with Crippen molar-refractivity contribution in [3.8, 4) is 5.75 Å². The van der Waals surface area contributed by atoms with E-state index in [1.54, 1.807) is 24.3 Å². The Kier molecular flexibility index (Phi) is 10.3. The average molecular weight is 391 g/mol. The summed E-state index contributed by atoms with van der Waals surface area (Å²) in [5, 5.41) is 7.60. The highest BCUT2D eigenvalue weighted by Crippen LogP contribution is 2.10. The number of methoxy groups -OCH3 is 1. The Morgan fingerprint density at radius 3 is 2.36 bits per heavy atom. The van der Waals surface area contributed by atoms with Gasteiger partial charge < -0.3 is 25.5 Å². The third kappa shape index (κ3) is 8.20. The second kappa shape index (κ2) is 12.5. The lowest BCUT2D eigenvalue weighted by atomic mass is 10.1. The standard InChI is InChI=1S/C20H29N3O5/c1-4-5-6-7-16(13-24)23-19(26)14(2)22-18(25)12-21-20(27)15-8-10-17(28-3)11-9-15/h8-11,13-14,16H,4-7,12H2,1-3H3,(H,21,27)(H,22,25)(H,23,26)/t14-,16?/m0/s1. The number of hydrogen-bond donors (Lipinski definition) is 3. The zero-order chi connectivity index (χ0) is 20.9. The molecule has 0 aliphatic carbocycles. The lowest BCUT2D eigenvalue weighted by molar-refractivity contribution is -0.129. The molecule has 8 nitrogen and oxygen atoms in total. The third-order valence-corrected chi connectivity index (χ3v) is 4.14. The van der Waals surface area contributed by atoms with E-state index in [4.69, 9.17) is 4.74 Å². The number of nitrogens with one attached hydrogen (secondary N) is 3. The van der Waals surface area contributed by atoms with Crippen molar-refractivity contribution in [3.63, 3.8) is 0 Å². The number of aldehydes is 1. The molecule has 0 radical (unpaired) electrons. The Hall–Kier alpha value is -2.90.